The quantitative estimate of drug-likeness (QED) is 0.0200. The molecule has 1 aliphatic heterocycles. The molecule has 0 aromatic heterocycles. The van der Waals surface area contributed by atoms with Crippen molar-refractivity contribution in [3.63, 3.8) is 0 Å². The van der Waals surface area contributed by atoms with Crippen molar-refractivity contribution in [2.45, 2.75) is 169 Å². The summed E-state index contributed by atoms with van der Waals surface area (Å²) < 4.78 is 34.2. The molecule has 10 N–H and O–H groups in total. The van der Waals surface area contributed by atoms with E-state index in [1.807, 2.05) is 78.8 Å². The SMILES string of the molecule is CN[C@H](C(=O)N[C@H](C(=O)N(C)[C@H](/C=C(\C)C(=O)NS(=O)(=O)Cc1ccc(NC(=O)OCc2ccc(NC(=O)[C@H](CCCNC(N)=O)NC(=O)C(NC(=O)CCCCCN3C(=O)CC(C)C3=O)C(C)C)cc2)cc1)C(C)C)C(C)(C)C)C(C)(C)c1ccccc1. The summed E-state index contributed by atoms with van der Waals surface area (Å²) >= 11 is 0. The number of nitrogens with two attached hydrogens (primary N) is 1. The van der Waals surface area contributed by atoms with Crippen molar-refractivity contribution in [1.82, 2.24) is 41.1 Å². The number of rotatable bonds is 32. The average molecular weight is 1260 g/mol. The number of primary amides is 1. The van der Waals surface area contributed by atoms with Crippen molar-refractivity contribution in [2.75, 3.05) is 37.8 Å². The number of nitrogens with one attached hydrogen (secondary N) is 8. The van der Waals surface area contributed by atoms with Gasteiger partial charge < -0.3 is 47.3 Å². The number of hydrogen-bond acceptors (Lipinski definition) is 14. The molecule has 2 unspecified atom stereocenters. The molecule has 25 heteroatoms. The van der Waals surface area contributed by atoms with E-state index in [2.05, 4.69) is 41.9 Å². The van der Waals surface area contributed by atoms with Gasteiger partial charge in [-0.2, -0.15) is 0 Å². The van der Waals surface area contributed by atoms with Gasteiger partial charge in [0.05, 0.1) is 17.8 Å². The molecule has 1 heterocycles. The highest BCUT2D eigenvalue weighted by molar-refractivity contribution is 7.89. The summed E-state index contributed by atoms with van der Waals surface area (Å²) in [6, 6.07) is 16.6. The van der Waals surface area contributed by atoms with Crippen LogP contribution in [0.4, 0.5) is 21.0 Å². The molecule has 1 aliphatic rings. The maximum atomic E-state index is 14.4. The Labute approximate surface area is 523 Å². The Morgan fingerprint density at radius 2 is 1.36 bits per heavy atom. The summed E-state index contributed by atoms with van der Waals surface area (Å²) in [4.78, 5) is 133. The van der Waals surface area contributed by atoms with E-state index in [1.54, 1.807) is 59.1 Å². The Morgan fingerprint density at radius 1 is 0.753 bits per heavy atom. The Bertz CT molecular complexity index is 3110. The Balaban J connectivity index is 1.29. The Hall–Kier alpha value is -8.19. The van der Waals surface area contributed by atoms with E-state index >= 15 is 0 Å². The first kappa shape index (κ1) is 73.3. The number of benzene rings is 3. The van der Waals surface area contributed by atoms with Crippen LogP contribution in [-0.2, 0) is 70.9 Å². The standard InChI is InChI=1S/C64H93N11O13S/c1-39(2)49(74(13)60(83)54(63(7,8)9)72-58(81)53(66-12)64(10,11)45-21-16-14-17-22-45)35-41(5)55(78)73-89(86,87)38-44-27-31-47(32-28-44)69-62(85)88-37-43-25-29-46(30-26-43)68-56(79)48(23-20-33-67-61(65)84)70-57(80)52(40(3)4)71-50(76)24-18-15-19-34-75-51(77)36-42(6)59(75)82/h14,16-17,21-22,25-32,35,39-40,42,48-49,52-54,66H,15,18-20,23-24,33-34,36-38H2,1-13H3,(H,68,79)(H,69,85)(H,70,80)(H,71,76)(H,72,81)(H,73,78)(H3,65,67,84)/b41-35+/t42?,48-,49+,52?,53+,54+/m0/s1. The summed E-state index contributed by atoms with van der Waals surface area (Å²) in [6.45, 7) is 20.1. The van der Waals surface area contributed by atoms with Crippen LogP contribution in [0.5, 0.6) is 0 Å². The van der Waals surface area contributed by atoms with Crippen molar-refractivity contribution >= 4 is 80.8 Å². The molecular formula is C64H93N11O13S. The third-order valence-electron chi connectivity index (χ3n) is 15.5. The number of sulfonamides is 1. The number of nitrogens with zero attached hydrogens (tertiary/aromatic N) is 2. The molecule has 0 aliphatic carbocycles. The average Bonchev–Trinajstić information content (AvgIpc) is 1.71. The molecular weight excluding hydrogens is 1160 g/mol. The van der Waals surface area contributed by atoms with E-state index in [9.17, 15) is 56.4 Å². The van der Waals surface area contributed by atoms with Gasteiger partial charge in [-0.15, -0.1) is 0 Å². The van der Waals surface area contributed by atoms with Crippen LogP contribution in [0.1, 0.15) is 138 Å². The molecule has 0 saturated carbocycles. The Kier molecular flexibility index (Phi) is 27.5. The zero-order valence-electron chi connectivity index (χ0n) is 53.7. The zero-order valence-corrected chi connectivity index (χ0v) is 54.5. The fourth-order valence-corrected chi connectivity index (χ4v) is 11.3. The summed E-state index contributed by atoms with van der Waals surface area (Å²) in [5.74, 6) is -5.09. The third kappa shape index (κ3) is 22.7. The van der Waals surface area contributed by atoms with E-state index < -0.39 is 92.6 Å². The minimum Gasteiger partial charge on any atom is -0.444 e. The second-order valence-corrected chi connectivity index (χ2v) is 26.7. The lowest BCUT2D eigenvalue weighted by Crippen LogP contribution is -2.61. The number of unbranched alkanes of at least 4 members (excludes halogenated alkanes) is 2. The topological polar surface area (TPSA) is 343 Å². The second-order valence-electron chi connectivity index (χ2n) is 25.0. The summed E-state index contributed by atoms with van der Waals surface area (Å²) in [5, 5.41) is 19.4. The van der Waals surface area contributed by atoms with Gasteiger partial charge in [-0.3, -0.25) is 48.6 Å². The molecule has 0 bridgehead atoms. The molecule has 24 nitrogen and oxygen atoms in total. The van der Waals surface area contributed by atoms with Crippen LogP contribution in [0.3, 0.4) is 0 Å². The van der Waals surface area contributed by atoms with Gasteiger partial charge in [0, 0.05) is 61.3 Å². The highest BCUT2D eigenvalue weighted by Gasteiger charge is 2.42. The number of carbonyl (C=O) groups is 10. The number of likely N-dealkylation sites (tertiary alicyclic amines) is 1. The number of urea groups is 1. The van der Waals surface area contributed by atoms with Gasteiger partial charge in [-0.1, -0.05) is 136 Å². The fraction of sp³-hybridized carbons (Fsp3) is 0.531. The molecule has 4 rings (SSSR count). The molecule has 11 amide bonds. The maximum absolute atomic E-state index is 14.4. The molecule has 3 aromatic carbocycles. The number of likely N-dealkylation sites (N-methyl/N-ethyl adjacent to an activating group) is 2. The van der Waals surface area contributed by atoms with Crippen molar-refractivity contribution in [3.05, 3.63) is 107 Å². The predicted molar refractivity (Wildman–Crippen MR) is 339 cm³/mol. The molecule has 1 saturated heterocycles. The van der Waals surface area contributed by atoms with Crippen LogP contribution in [-0.4, -0.2) is 135 Å². The van der Waals surface area contributed by atoms with Crippen LogP contribution >= 0.6 is 0 Å². The van der Waals surface area contributed by atoms with Gasteiger partial charge in [0.25, 0.3) is 5.91 Å². The minimum absolute atomic E-state index is 0.0477. The lowest BCUT2D eigenvalue weighted by atomic mass is 9.76. The monoisotopic (exact) mass is 1260 g/mol. The first-order chi connectivity index (χ1) is 41.6. The highest BCUT2D eigenvalue weighted by Crippen LogP contribution is 2.30. The lowest BCUT2D eigenvalue weighted by Gasteiger charge is -2.40. The molecule has 6 atom stereocenters. The van der Waals surface area contributed by atoms with Crippen LogP contribution in [0, 0.1) is 23.2 Å². The normalized spacial score (nSPS) is 15.5. The fourth-order valence-electron chi connectivity index (χ4n) is 10.2. The first-order valence-corrected chi connectivity index (χ1v) is 31.7. The van der Waals surface area contributed by atoms with Crippen LogP contribution < -0.4 is 47.7 Å². The largest absolute Gasteiger partial charge is 0.444 e. The van der Waals surface area contributed by atoms with Crippen molar-refractivity contribution < 1.29 is 61.1 Å². The van der Waals surface area contributed by atoms with Gasteiger partial charge in [0.2, 0.25) is 51.4 Å². The van der Waals surface area contributed by atoms with E-state index in [4.69, 9.17) is 10.5 Å². The number of ether oxygens (including phenoxy) is 1. The molecule has 3 aromatic rings. The summed E-state index contributed by atoms with van der Waals surface area (Å²) in [7, 11) is -0.970. The molecule has 0 spiro atoms. The molecule has 0 radical (unpaired) electrons. The van der Waals surface area contributed by atoms with E-state index in [0.29, 0.717) is 36.1 Å². The highest BCUT2D eigenvalue weighted by atomic mass is 32.2. The molecule has 488 valence electrons. The van der Waals surface area contributed by atoms with Gasteiger partial charge in [0.1, 0.15) is 24.7 Å². The minimum atomic E-state index is -4.25. The van der Waals surface area contributed by atoms with Crippen LogP contribution in [0.25, 0.3) is 0 Å². The van der Waals surface area contributed by atoms with Crippen LogP contribution in [0.2, 0.25) is 0 Å². The van der Waals surface area contributed by atoms with E-state index in [0.717, 1.165) is 5.56 Å². The number of imide groups is 1. The van der Waals surface area contributed by atoms with Crippen LogP contribution in [0.15, 0.2) is 90.5 Å². The third-order valence-corrected chi connectivity index (χ3v) is 16.7. The molecule has 89 heavy (non-hydrogen) atoms. The molecule has 1 fully saturated rings. The van der Waals surface area contributed by atoms with Crippen molar-refractivity contribution in [1.29, 1.82) is 0 Å². The smallest absolute Gasteiger partial charge is 0.411 e. The van der Waals surface area contributed by atoms with Crippen molar-refractivity contribution in [3.8, 4) is 0 Å². The van der Waals surface area contributed by atoms with E-state index in [1.165, 1.54) is 47.1 Å². The Morgan fingerprint density at radius 3 is 1.91 bits per heavy atom. The van der Waals surface area contributed by atoms with Gasteiger partial charge in [-0.25, -0.2) is 22.7 Å². The summed E-state index contributed by atoms with van der Waals surface area (Å²) in [6.07, 6.45) is 2.96. The maximum Gasteiger partial charge on any atom is 0.411 e. The number of hydrogen-bond donors (Lipinski definition) is 9. The number of amides is 11. The van der Waals surface area contributed by atoms with Gasteiger partial charge in [0.15, 0.2) is 0 Å². The second kappa shape index (κ2) is 33.4. The van der Waals surface area contributed by atoms with Gasteiger partial charge in [-0.05, 0) is 97.9 Å². The number of anilines is 2. The lowest BCUT2D eigenvalue weighted by molar-refractivity contribution is -0.141. The zero-order chi connectivity index (χ0) is 66.6. The first-order valence-electron chi connectivity index (χ1n) is 30.1. The van der Waals surface area contributed by atoms with Gasteiger partial charge >= 0.3 is 12.1 Å². The van der Waals surface area contributed by atoms with Crippen molar-refractivity contribution in [2.24, 2.45) is 28.9 Å². The predicted octanol–water partition coefficient (Wildman–Crippen LogP) is 5.88. The van der Waals surface area contributed by atoms with E-state index in [-0.39, 0.29) is 98.0 Å². The number of carbonyl (C=O) groups excluding carboxylic acids is 10. The summed E-state index contributed by atoms with van der Waals surface area (Å²) in [5.41, 5.74) is 6.29.